The molecule has 1 aliphatic rings. The third-order valence-electron chi connectivity index (χ3n) is 5.50. The summed E-state index contributed by atoms with van der Waals surface area (Å²) in [5.41, 5.74) is 1.94. The lowest BCUT2D eigenvalue weighted by molar-refractivity contribution is -0.124. The molecule has 1 atom stereocenters. The Bertz CT molecular complexity index is 1010. The molecule has 150 valence electrons. The summed E-state index contributed by atoms with van der Waals surface area (Å²) < 4.78 is 16.2. The Kier molecular flexibility index (Phi) is 5.01. The zero-order valence-electron chi connectivity index (χ0n) is 16.8. The summed E-state index contributed by atoms with van der Waals surface area (Å²) in [7, 11) is 3.18. The van der Waals surface area contributed by atoms with E-state index < -0.39 is 5.41 Å². The van der Waals surface area contributed by atoms with Crippen molar-refractivity contribution in [1.29, 1.82) is 0 Å². The second kappa shape index (κ2) is 7.62. The van der Waals surface area contributed by atoms with E-state index in [1.807, 2.05) is 61.5 Å². The molecule has 2 aromatic carbocycles. The summed E-state index contributed by atoms with van der Waals surface area (Å²) in [4.78, 5) is 13.0. The molecule has 0 bridgehead atoms. The molecule has 1 N–H and O–H groups in total. The van der Waals surface area contributed by atoms with Gasteiger partial charge in [0.05, 0.1) is 31.4 Å². The van der Waals surface area contributed by atoms with Crippen LogP contribution in [0.1, 0.15) is 37.1 Å². The van der Waals surface area contributed by atoms with Crippen molar-refractivity contribution < 1.29 is 18.8 Å². The number of hydrogen-bond acceptors (Lipinski definition) is 5. The molecule has 3 aromatic rings. The fraction of sp³-hybridized carbons (Fsp3) is 0.304. The summed E-state index contributed by atoms with van der Waals surface area (Å²) in [6.45, 7) is 1.99. The van der Waals surface area contributed by atoms with E-state index in [4.69, 9.17) is 14.0 Å². The number of hydrogen-bond donors (Lipinski definition) is 1. The number of ether oxygens (including phenoxy) is 2. The van der Waals surface area contributed by atoms with E-state index in [9.17, 15) is 4.79 Å². The predicted molar refractivity (Wildman–Crippen MR) is 109 cm³/mol. The van der Waals surface area contributed by atoms with Crippen molar-refractivity contribution in [1.82, 2.24) is 10.5 Å². The Morgan fingerprint density at radius 1 is 1.07 bits per heavy atom. The van der Waals surface area contributed by atoms with Gasteiger partial charge in [-0.05, 0) is 43.5 Å². The number of rotatable bonds is 7. The maximum atomic E-state index is 13.0. The van der Waals surface area contributed by atoms with Crippen molar-refractivity contribution in [3.05, 3.63) is 65.9 Å². The zero-order valence-corrected chi connectivity index (χ0v) is 16.8. The predicted octanol–water partition coefficient (Wildman–Crippen LogP) is 4.27. The lowest BCUT2D eigenvalue weighted by Crippen LogP contribution is -2.36. The lowest BCUT2D eigenvalue weighted by Gasteiger charge is -2.18. The Balaban J connectivity index is 1.54. The molecular weight excluding hydrogens is 368 g/mol. The lowest BCUT2D eigenvalue weighted by atomic mass is 9.99. The van der Waals surface area contributed by atoms with Crippen LogP contribution < -0.4 is 14.8 Å². The molecule has 0 aliphatic heterocycles. The van der Waals surface area contributed by atoms with Crippen LogP contribution in [0.3, 0.4) is 0 Å². The second-order valence-corrected chi connectivity index (χ2v) is 7.33. The van der Waals surface area contributed by atoms with Gasteiger partial charge in [0.2, 0.25) is 5.91 Å². The van der Waals surface area contributed by atoms with Crippen LogP contribution in [0.2, 0.25) is 0 Å². The maximum absolute atomic E-state index is 13.0. The highest BCUT2D eigenvalue weighted by molar-refractivity contribution is 5.91. The largest absolute Gasteiger partial charge is 0.493 e. The van der Waals surface area contributed by atoms with E-state index in [0.29, 0.717) is 23.0 Å². The molecule has 1 unspecified atom stereocenters. The van der Waals surface area contributed by atoms with Gasteiger partial charge in [-0.2, -0.15) is 0 Å². The summed E-state index contributed by atoms with van der Waals surface area (Å²) in [6, 6.07) is 17.2. The summed E-state index contributed by atoms with van der Waals surface area (Å²) in [6.07, 6.45) is 1.52. The smallest absolute Gasteiger partial charge is 0.232 e. The minimum Gasteiger partial charge on any atom is -0.493 e. The SMILES string of the molecule is COc1ccc(-c2cc(C3(C(=O)NC(C)c4ccccc4)CC3)no2)cc1OC. The van der Waals surface area contributed by atoms with Gasteiger partial charge < -0.3 is 19.3 Å². The van der Waals surface area contributed by atoms with Gasteiger partial charge in [-0.1, -0.05) is 35.5 Å². The molecule has 6 heteroatoms. The monoisotopic (exact) mass is 392 g/mol. The van der Waals surface area contributed by atoms with Gasteiger partial charge in [-0.15, -0.1) is 0 Å². The number of amides is 1. The molecule has 4 rings (SSSR count). The van der Waals surface area contributed by atoms with Gasteiger partial charge in [-0.3, -0.25) is 4.79 Å². The Hall–Kier alpha value is -3.28. The second-order valence-electron chi connectivity index (χ2n) is 7.33. The molecule has 1 aromatic heterocycles. The van der Waals surface area contributed by atoms with E-state index in [1.165, 1.54) is 0 Å². The molecule has 0 radical (unpaired) electrons. The van der Waals surface area contributed by atoms with Crippen molar-refractivity contribution in [3.8, 4) is 22.8 Å². The third-order valence-corrected chi connectivity index (χ3v) is 5.50. The van der Waals surface area contributed by atoms with Crippen LogP contribution in [0.25, 0.3) is 11.3 Å². The van der Waals surface area contributed by atoms with E-state index in [0.717, 1.165) is 24.0 Å². The number of carbonyl (C=O) groups excluding carboxylic acids is 1. The third kappa shape index (κ3) is 3.58. The standard InChI is InChI=1S/C23H24N2O4/c1-15(16-7-5-4-6-8-16)24-22(26)23(11-12-23)21-14-19(29-25-21)17-9-10-18(27-2)20(13-17)28-3/h4-10,13-15H,11-12H2,1-3H3,(H,24,26). The highest BCUT2D eigenvalue weighted by atomic mass is 16.5. The topological polar surface area (TPSA) is 73.6 Å². The number of carbonyl (C=O) groups is 1. The van der Waals surface area contributed by atoms with Gasteiger partial charge in [0.15, 0.2) is 17.3 Å². The minimum atomic E-state index is -0.610. The highest BCUT2D eigenvalue weighted by Gasteiger charge is 2.54. The van der Waals surface area contributed by atoms with Crippen molar-refractivity contribution in [2.45, 2.75) is 31.2 Å². The summed E-state index contributed by atoms with van der Waals surface area (Å²) in [5, 5.41) is 7.34. The number of benzene rings is 2. The first-order chi connectivity index (χ1) is 14.1. The average molecular weight is 392 g/mol. The van der Waals surface area contributed by atoms with Crippen LogP contribution in [0.15, 0.2) is 59.1 Å². The number of nitrogens with one attached hydrogen (secondary N) is 1. The van der Waals surface area contributed by atoms with Crippen molar-refractivity contribution in [2.24, 2.45) is 0 Å². The van der Waals surface area contributed by atoms with Gasteiger partial charge in [0.25, 0.3) is 0 Å². The fourth-order valence-electron chi connectivity index (χ4n) is 3.51. The van der Waals surface area contributed by atoms with Crippen molar-refractivity contribution >= 4 is 5.91 Å². The van der Waals surface area contributed by atoms with E-state index in [2.05, 4.69) is 10.5 Å². The molecule has 29 heavy (non-hydrogen) atoms. The zero-order chi connectivity index (χ0) is 20.4. The number of methoxy groups -OCH3 is 2. The molecular formula is C23H24N2O4. The molecule has 6 nitrogen and oxygen atoms in total. The molecule has 1 aliphatic carbocycles. The Morgan fingerprint density at radius 2 is 1.79 bits per heavy atom. The average Bonchev–Trinajstić information content (AvgIpc) is 3.43. The Morgan fingerprint density at radius 3 is 2.45 bits per heavy atom. The quantitative estimate of drug-likeness (QED) is 0.650. The number of nitrogens with zero attached hydrogens (tertiary/aromatic N) is 1. The van der Waals surface area contributed by atoms with E-state index >= 15 is 0 Å². The first kappa shape index (κ1) is 19.1. The normalized spacial score (nSPS) is 15.4. The van der Waals surface area contributed by atoms with Crippen LogP contribution in [0, 0.1) is 0 Å². The van der Waals surface area contributed by atoms with Crippen LogP contribution in [-0.2, 0) is 10.2 Å². The van der Waals surface area contributed by atoms with Crippen LogP contribution in [0.4, 0.5) is 0 Å². The first-order valence-electron chi connectivity index (χ1n) is 9.63. The van der Waals surface area contributed by atoms with Gasteiger partial charge >= 0.3 is 0 Å². The van der Waals surface area contributed by atoms with Crippen molar-refractivity contribution in [3.63, 3.8) is 0 Å². The molecule has 0 spiro atoms. The molecule has 1 heterocycles. The van der Waals surface area contributed by atoms with Crippen molar-refractivity contribution in [2.75, 3.05) is 14.2 Å². The highest BCUT2D eigenvalue weighted by Crippen LogP contribution is 2.49. The molecule has 0 saturated heterocycles. The summed E-state index contributed by atoms with van der Waals surface area (Å²) in [5.74, 6) is 1.83. The van der Waals surface area contributed by atoms with Crippen LogP contribution >= 0.6 is 0 Å². The molecule has 1 fully saturated rings. The van der Waals surface area contributed by atoms with Gasteiger partial charge in [0, 0.05) is 11.6 Å². The fourth-order valence-corrected chi connectivity index (χ4v) is 3.51. The van der Waals surface area contributed by atoms with Gasteiger partial charge in [-0.25, -0.2) is 0 Å². The van der Waals surface area contributed by atoms with Crippen LogP contribution in [-0.4, -0.2) is 25.3 Å². The Labute approximate surface area is 169 Å². The molecule has 1 amide bonds. The minimum absolute atomic E-state index is 0.0129. The van der Waals surface area contributed by atoms with Gasteiger partial charge in [0.1, 0.15) is 0 Å². The van der Waals surface area contributed by atoms with E-state index in [-0.39, 0.29) is 11.9 Å². The number of aromatic nitrogens is 1. The van der Waals surface area contributed by atoms with Crippen LogP contribution in [0.5, 0.6) is 11.5 Å². The molecule has 1 saturated carbocycles. The first-order valence-corrected chi connectivity index (χ1v) is 9.63. The summed E-state index contributed by atoms with van der Waals surface area (Å²) >= 11 is 0. The maximum Gasteiger partial charge on any atom is 0.232 e. The van der Waals surface area contributed by atoms with E-state index in [1.54, 1.807) is 14.2 Å².